The van der Waals surface area contributed by atoms with Crippen LogP contribution in [0.3, 0.4) is 0 Å². The molecule has 2 N–H and O–H groups in total. The molecule has 2 aromatic rings. The molecule has 0 saturated carbocycles. The summed E-state index contributed by atoms with van der Waals surface area (Å²) in [6, 6.07) is 3.21. The Labute approximate surface area is 174 Å². The van der Waals surface area contributed by atoms with Crippen molar-refractivity contribution in [1.82, 2.24) is 15.2 Å². The fraction of sp³-hybridized carbons (Fsp3) is 0.500. The van der Waals surface area contributed by atoms with E-state index in [1.54, 1.807) is 17.5 Å². The summed E-state index contributed by atoms with van der Waals surface area (Å²) < 4.78 is 5.13. The van der Waals surface area contributed by atoms with Gasteiger partial charge >= 0.3 is 0 Å². The molecule has 2 heterocycles. The monoisotopic (exact) mass is 420 g/mol. The first-order valence-corrected chi connectivity index (χ1v) is 10.7. The van der Waals surface area contributed by atoms with E-state index in [0.29, 0.717) is 30.3 Å². The molecule has 0 aromatic carbocycles. The van der Waals surface area contributed by atoms with Gasteiger partial charge in [0, 0.05) is 18.5 Å². The second-order valence-corrected chi connectivity index (χ2v) is 7.49. The van der Waals surface area contributed by atoms with Crippen molar-refractivity contribution in [2.75, 3.05) is 25.0 Å². The van der Waals surface area contributed by atoms with Crippen molar-refractivity contribution >= 4 is 34.2 Å². The van der Waals surface area contributed by atoms with Crippen LogP contribution < -0.4 is 10.6 Å². The first kappa shape index (κ1) is 22.6. The topological polar surface area (TPSA) is 105 Å². The van der Waals surface area contributed by atoms with E-state index in [1.165, 1.54) is 22.5 Å². The number of aromatic nitrogens is 1. The zero-order valence-corrected chi connectivity index (χ0v) is 17.7. The molecule has 0 atom stereocenters. The number of nitrogens with one attached hydrogen (secondary N) is 2. The predicted octanol–water partition coefficient (Wildman–Crippen LogP) is 3.08. The van der Waals surface area contributed by atoms with Crippen LogP contribution in [0.4, 0.5) is 5.13 Å². The minimum Gasteiger partial charge on any atom is -0.459 e. The lowest BCUT2D eigenvalue weighted by molar-refractivity contribution is -0.120. The van der Waals surface area contributed by atoms with E-state index in [-0.39, 0.29) is 36.4 Å². The van der Waals surface area contributed by atoms with Gasteiger partial charge in [0.05, 0.1) is 18.4 Å². The number of carbonyl (C=O) groups excluding carboxylic acids is 3. The predicted molar refractivity (Wildman–Crippen MR) is 112 cm³/mol. The Morgan fingerprint density at radius 1 is 1.17 bits per heavy atom. The highest BCUT2D eigenvalue weighted by molar-refractivity contribution is 7.13. The summed E-state index contributed by atoms with van der Waals surface area (Å²) in [5.74, 6) is -0.551. The van der Waals surface area contributed by atoms with Crippen LogP contribution in [0.1, 0.15) is 55.8 Å². The van der Waals surface area contributed by atoms with Crippen LogP contribution >= 0.6 is 11.3 Å². The van der Waals surface area contributed by atoms with E-state index in [1.807, 2.05) is 6.92 Å². The molecule has 0 unspecified atom stereocenters. The third-order valence-corrected chi connectivity index (χ3v) is 4.90. The van der Waals surface area contributed by atoms with Gasteiger partial charge in [-0.3, -0.25) is 14.4 Å². The molecule has 0 spiro atoms. The Morgan fingerprint density at radius 2 is 2.00 bits per heavy atom. The number of thiazole rings is 1. The number of carbonyl (C=O) groups is 3. The molecule has 0 aliphatic rings. The number of hydrogen-bond acceptors (Lipinski definition) is 6. The van der Waals surface area contributed by atoms with E-state index >= 15 is 0 Å². The lowest BCUT2D eigenvalue weighted by Gasteiger charge is -2.20. The Bertz CT molecular complexity index is 788. The molecule has 0 aliphatic carbocycles. The van der Waals surface area contributed by atoms with Crippen LogP contribution in [0.2, 0.25) is 0 Å². The minimum absolute atomic E-state index is 0.0811. The van der Waals surface area contributed by atoms with Gasteiger partial charge in [0.15, 0.2) is 10.9 Å². The number of furan rings is 1. The summed E-state index contributed by atoms with van der Waals surface area (Å²) in [5.41, 5.74) is 0.607. The summed E-state index contributed by atoms with van der Waals surface area (Å²) in [4.78, 5) is 42.4. The minimum atomic E-state index is -0.344. The quantitative estimate of drug-likeness (QED) is 0.514. The number of unbranched alkanes of at least 4 members (excludes halogenated alkanes) is 2. The summed E-state index contributed by atoms with van der Waals surface area (Å²) in [5, 5.41) is 7.72. The first-order valence-electron chi connectivity index (χ1n) is 9.87. The van der Waals surface area contributed by atoms with Crippen LogP contribution in [0.15, 0.2) is 28.2 Å². The van der Waals surface area contributed by atoms with Crippen molar-refractivity contribution in [3.63, 3.8) is 0 Å². The molecule has 0 bridgehead atoms. The Balaban J connectivity index is 1.83. The summed E-state index contributed by atoms with van der Waals surface area (Å²) in [6.07, 6.45) is 5.48. The molecule has 29 heavy (non-hydrogen) atoms. The summed E-state index contributed by atoms with van der Waals surface area (Å²) >= 11 is 1.25. The van der Waals surface area contributed by atoms with Gasteiger partial charge in [-0.1, -0.05) is 26.7 Å². The molecule has 9 heteroatoms. The molecule has 2 aromatic heterocycles. The SMILES string of the molecule is CCCCCNC(=O)Cc1csc(NC(=O)CN(CCC)C(=O)c2ccco2)n1. The first-order chi connectivity index (χ1) is 14.0. The van der Waals surface area contributed by atoms with Crippen molar-refractivity contribution in [3.8, 4) is 0 Å². The molecular weight excluding hydrogens is 392 g/mol. The average Bonchev–Trinajstić information content (AvgIpc) is 3.37. The fourth-order valence-corrected chi connectivity index (χ4v) is 3.41. The highest BCUT2D eigenvalue weighted by Crippen LogP contribution is 2.16. The summed E-state index contributed by atoms with van der Waals surface area (Å²) in [7, 11) is 0. The fourth-order valence-electron chi connectivity index (χ4n) is 2.69. The molecule has 8 nitrogen and oxygen atoms in total. The van der Waals surface area contributed by atoms with Crippen LogP contribution in [-0.4, -0.2) is 47.2 Å². The molecule has 158 valence electrons. The number of hydrogen-bond donors (Lipinski definition) is 2. The van der Waals surface area contributed by atoms with Gasteiger partial charge in [0.1, 0.15) is 6.54 Å². The van der Waals surface area contributed by atoms with Crippen molar-refractivity contribution in [1.29, 1.82) is 0 Å². The van der Waals surface area contributed by atoms with Crippen molar-refractivity contribution in [3.05, 3.63) is 35.2 Å². The molecule has 0 fully saturated rings. The third kappa shape index (κ3) is 7.69. The van der Waals surface area contributed by atoms with Gasteiger partial charge in [-0.25, -0.2) is 4.98 Å². The summed E-state index contributed by atoms with van der Waals surface area (Å²) in [6.45, 7) is 5.05. The van der Waals surface area contributed by atoms with Crippen LogP contribution in [0.5, 0.6) is 0 Å². The molecule has 0 saturated heterocycles. The van der Waals surface area contributed by atoms with Crippen molar-refractivity contribution in [2.45, 2.75) is 46.0 Å². The van der Waals surface area contributed by atoms with Crippen molar-refractivity contribution < 1.29 is 18.8 Å². The third-order valence-electron chi connectivity index (χ3n) is 4.09. The van der Waals surface area contributed by atoms with E-state index in [4.69, 9.17) is 4.42 Å². The van der Waals surface area contributed by atoms with Gasteiger partial charge < -0.3 is 20.0 Å². The molecule has 3 amide bonds. The van der Waals surface area contributed by atoms with Gasteiger partial charge in [-0.15, -0.1) is 11.3 Å². The molecule has 0 radical (unpaired) electrons. The second kappa shape index (κ2) is 12.0. The second-order valence-electron chi connectivity index (χ2n) is 6.63. The van der Waals surface area contributed by atoms with Gasteiger partial charge in [0.25, 0.3) is 5.91 Å². The largest absolute Gasteiger partial charge is 0.459 e. The maximum absolute atomic E-state index is 12.4. The zero-order valence-electron chi connectivity index (χ0n) is 16.9. The average molecular weight is 421 g/mol. The van der Waals surface area contributed by atoms with Crippen molar-refractivity contribution in [2.24, 2.45) is 0 Å². The Hall–Kier alpha value is -2.68. The number of anilines is 1. The van der Waals surface area contributed by atoms with Gasteiger partial charge in [-0.2, -0.15) is 0 Å². The van der Waals surface area contributed by atoms with E-state index < -0.39 is 0 Å². The van der Waals surface area contributed by atoms with E-state index in [0.717, 1.165) is 19.3 Å². The normalized spacial score (nSPS) is 10.6. The molecule has 2 rings (SSSR count). The lowest BCUT2D eigenvalue weighted by Crippen LogP contribution is -2.38. The molecular formula is C20H28N4O4S. The zero-order chi connectivity index (χ0) is 21.1. The lowest BCUT2D eigenvalue weighted by atomic mass is 10.2. The smallest absolute Gasteiger partial charge is 0.290 e. The highest BCUT2D eigenvalue weighted by atomic mass is 32.1. The van der Waals surface area contributed by atoms with Gasteiger partial charge in [0.2, 0.25) is 11.8 Å². The molecule has 0 aliphatic heterocycles. The number of nitrogens with zero attached hydrogens (tertiary/aromatic N) is 2. The van der Waals surface area contributed by atoms with Crippen LogP contribution in [0, 0.1) is 0 Å². The van der Waals surface area contributed by atoms with Crippen LogP contribution in [0.25, 0.3) is 0 Å². The highest BCUT2D eigenvalue weighted by Gasteiger charge is 2.21. The van der Waals surface area contributed by atoms with E-state index in [9.17, 15) is 14.4 Å². The maximum Gasteiger partial charge on any atom is 0.290 e. The van der Waals surface area contributed by atoms with E-state index in [2.05, 4.69) is 22.5 Å². The standard InChI is InChI=1S/C20H28N4O4S/c1-3-5-6-9-21-17(25)12-15-14-29-20(22-15)23-18(26)13-24(10-4-2)19(27)16-8-7-11-28-16/h7-8,11,14H,3-6,9-10,12-13H2,1-2H3,(H,21,25)(H,22,23,26). The Kier molecular flexibility index (Phi) is 9.36. The maximum atomic E-state index is 12.4. The van der Waals surface area contributed by atoms with Gasteiger partial charge in [-0.05, 0) is 25.0 Å². The van der Waals surface area contributed by atoms with Crippen LogP contribution in [-0.2, 0) is 16.0 Å². The Morgan fingerprint density at radius 3 is 2.69 bits per heavy atom. The number of amides is 3. The number of rotatable bonds is 12.